The Balaban J connectivity index is 2.55. The van der Waals surface area contributed by atoms with Crippen LogP contribution in [0.2, 0.25) is 0 Å². The zero-order chi connectivity index (χ0) is 14.1. The third-order valence-corrected chi connectivity index (χ3v) is 3.78. The second-order valence-corrected chi connectivity index (χ2v) is 5.08. The monoisotopic (exact) mass is 263 g/mol. The van der Waals surface area contributed by atoms with E-state index in [1.165, 1.54) is 18.4 Å². The minimum Gasteiger partial charge on any atom is -0.493 e. The quantitative estimate of drug-likeness (QED) is 0.705. The van der Waals surface area contributed by atoms with E-state index in [0.29, 0.717) is 12.0 Å². The lowest BCUT2D eigenvalue weighted by Crippen LogP contribution is -2.19. The lowest BCUT2D eigenvalue weighted by atomic mass is 10.0. The molecule has 1 atom stereocenters. The van der Waals surface area contributed by atoms with Gasteiger partial charge in [0.25, 0.3) is 0 Å². The molecule has 108 valence electrons. The van der Waals surface area contributed by atoms with Crippen molar-refractivity contribution in [3.63, 3.8) is 0 Å². The zero-order valence-electron chi connectivity index (χ0n) is 12.9. The van der Waals surface area contributed by atoms with Crippen LogP contribution in [0.5, 0.6) is 5.75 Å². The molecule has 0 aliphatic heterocycles. The molecule has 0 spiro atoms. The standard InChI is InChI=1S/C17H29NO/c1-5-14(6-2)13-19-16-11-9-15(10-12-16)17(7-3)18-8-4/h9-12,14,17-18H,5-8,13H2,1-4H3. The summed E-state index contributed by atoms with van der Waals surface area (Å²) in [5.74, 6) is 1.66. The van der Waals surface area contributed by atoms with Gasteiger partial charge in [0.2, 0.25) is 0 Å². The van der Waals surface area contributed by atoms with Gasteiger partial charge >= 0.3 is 0 Å². The van der Waals surface area contributed by atoms with E-state index in [-0.39, 0.29) is 0 Å². The predicted octanol–water partition coefficient (Wildman–Crippen LogP) is 4.56. The molecule has 19 heavy (non-hydrogen) atoms. The number of nitrogens with one attached hydrogen (secondary N) is 1. The molecule has 0 radical (unpaired) electrons. The predicted molar refractivity (Wildman–Crippen MR) is 82.7 cm³/mol. The summed E-state index contributed by atoms with van der Waals surface area (Å²) in [6.07, 6.45) is 3.49. The first-order valence-electron chi connectivity index (χ1n) is 7.71. The first-order chi connectivity index (χ1) is 9.24. The van der Waals surface area contributed by atoms with E-state index in [4.69, 9.17) is 4.74 Å². The molecule has 2 nitrogen and oxygen atoms in total. The maximum atomic E-state index is 5.86. The van der Waals surface area contributed by atoms with Crippen LogP contribution >= 0.6 is 0 Å². The molecular weight excluding hydrogens is 234 g/mol. The van der Waals surface area contributed by atoms with Crippen LogP contribution in [0.3, 0.4) is 0 Å². The third-order valence-electron chi connectivity index (χ3n) is 3.78. The first-order valence-corrected chi connectivity index (χ1v) is 7.71. The molecule has 0 saturated heterocycles. The second-order valence-electron chi connectivity index (χ2n) is 5.08. The summed E-state index contributed by atoms with van der Waals surface area (Å²) in [4.78, 5) is 0. The SMILES string of the molecule is CCNC(CC)c1ccc(OCC(CC)CC)cc1. The molecule has 0 aliphatic rings. The van der Waals surface area contributed by atoms with Crippen molar-refractivity contribution in [3.8, 4) is 5.75 Å². The van der Waals surface area contributed by atoms with E-state index in [1.54, 1.807) is 0 Å². The van der Waals surface area contributed by atoms with Crippen molar-refractivity contribution in [1.82, 2.24) is 5.32 Å². The van der Waals surface area contributed by atoms with Crippen LogP contribution in [0, 0.1) is 5.92 Å². The van der Waals surface area contributed by atoms with Gasteiger partial charge in [0.15, 0.2) is 0 Å². The normalized spacial score (nSPS) is 12.7. The second kappa shape index (κ2) is 8.98. The Morgan fingerprint density at radius 3 is 2.05 bits per heavy atom. The Morgan fingerprint density at radius 2 is 1.58 bits per heavy atom. The largest absolute Gasteiger partial charge is 0.493 e. The number of rotatable bonds is 9. The van der Waals surface area contributed by atoms with E-state index in [2.05, 4.69) is 57.3 Å². The van der Waals surface area contributed by atoms with Gasteiger partial charge in [0, 0.05) is 6.04 Å². The molecule has 0 aromatic heterocycles. The van der Waals surface area contributed by atoms with Crippen LogP contribution < -0.4 is 10.1 Å². The van der Waals surface area contributed by atoms with Crippen LogP contribution in [-0.4, -0.2) is 13.2 Å². The minimum atomic E-state index is 0.457. The summed E-state index contributed by atoms with van der Waals surface area (Å²) in [5.41, 5.74) is 1.35. The maximum absolute atomic E-state index is 5.86. The topological polar surface area (TPSA) is 21.3 Å². The molecule has 1 aromatic rings. The van der Waals surface area contributed by atoms with Gasteiger partial charge in [-0.1, -0.05) is 52.7 Å². The van der Waals surface area contributed by atoms with E-state index in [9.17, 15) is 0 Å². The number of benzene rings is 1. The van der Waals surface area contributed by atoms with Crippen molar-refractivity contribution in [3.05, 3.63) is 29.8 Å². The van der Waals surface area contributed by atoms with E-state index in [0.717, 1.165) is 25.3 Å². The molecule has 0 fully saturated rings. The minimum absolute atomic E-state index is 0.457. The van der Waals surface area contributed by atoms with Gasteiger partial charge in [0.1, 0.15) is 5.75 Å². The van der Waals surface area contributed by atoms with Crippen molar-refractivity contribution in [2.24, 2.45) is 5.92 Å². The molecule has 2 heteroatoms. The highest BCUT2D eigenvalue weighted by Crippen LogP contribution is 2.21. The Hall–Kier alpha value is -1.02. The highest BCUT2D eigenvalue weighted by Gasteiger charge is 2.08. The Labute approximate surface area is 118 Å². The van der Waals surface area contributed by atoms with E-state index in [1.807, 2.05) is 0 Å². The summed E-state index contributed by atoms with van der Waals surface area (Å²) in [6, 6.07) is 9.01. The van der Waals surface area contributed by atoms with Crippen molar-refractivity contribution in [2.75, 3.05) is 13.2 Å². The number of hydrogen-bond donors (Lipinski definition) is 1. The van der Waals surface area contributed by atoms with Crippen LogP contribution in [0.1, 0.15) is 58.6 Å². The molecular formula is C17H29NO. The average Bonchev–Trinajstić information content (AvgIpc) is 2.46. The van der Waals surface area contributed by atoms with Crippen molar-refractivity contribution in [1.29, 1.82) is 0 Å². The summed E-state index contributed by atoms with van der Waals surface area (Å²) in [7, 11) is 0. The van der Waals surface area contributed by atoms with Gasteiger partial charge in [0.05, 0.1) is 6.61 Å². The van der Waals surface area contributed by atoms with Gasteiger partial charge in [-0.25, -0.2) is 0 Å². The molecule has 0 saturated carbocycles. The maximum Gasteiger partial charge on any atom is 0.119 e. The van der Waals surface area contributed by atoms with Gasteiger partial charge < -0.3 is 10.1 Å². The highest BCUT2D eigenvalue weighted by molar-refractivity contribution is 5.29. The van der Waals surface area contributed by atoms with Gasteiger partial charge in [-0.15, -0.1) is 0 Å². The molecule has 1 aromatic carbocycles. The smallest absolute Gasteiger partial charge is 0.119 e. The molecule has 1 unspecified atom stereocenters. The fraction of sp³-hybridized carbons (Fsp3) is 0.647. The van der Waals surface area contributed by atoms with Gasteiger partial charge in [-0.05, 0) is 36.6 Å². The summed E-state index contributed by atoms with van der Waals surface area (Å²) in [5, 5.41) is 3.50. The molecule has 0 amide bonds. The van der Waals surface area contributed by atoms with Crippen LogP contribution in [0.15, 0.2) is 24.3 Å². The third kappa shape index (κ3) is 5.23. The molecule has 0 heterocycles. The van der Waals surface area contributed by atoms with Crippen molar-refractivity contribution >= 4 is 0 Å². The summed E-state index contributed by atoms with van der Waals surface area (Å²) in [6.45, 7) is 10.6. The highest BCUT2D eigenvalue weighted by atomic mass is 16.5. The zero-order valence-corrected chi connectivity index (χ0v) is 12.9. The Kier molecular flexibility index (Phi) is 7.57. The van der Waals surface area contributed by atoms with Crippen LogP contribution in [0.25, 0.3) is 0 Å². The van der Waals surface area contributed by atoms with Gasteiger partial charge in [-0.3, -0.25) is 0 Å². The molecule has 1 N–H and O–H groups in total. The lowest BCUT2D eigenvalue weighted by molar-refractivity contribution is 0.240. The Bertz CT molecular complexity index is 330. The van der Waals surface area contributed by atoms with Crippen molar-refractivity contribution in [2.45, 2.75) is 53.0 Å². The van der Waals surface area contributed by atoms with E-state index < -0.39 is 0 Å². The number of hydrogen-bond acceptors (Lipinski definition) is 2. The van der Waals surface area contributed by atoms with Crippen molar-refractivity contribution < 1.29 is 4.74 Å². The number of ether oxygens (including phenoxy) is 1. The summed E-state index contributed by atoms with van der Waals surface area (Å²) >= 11 is 0. The summed E-state index contributed by atoms with van der Waals surface area (Å²) < 4.78 is 5.86. The average molecular weight is 263 g/mol. The van der Waals surface area contributed by atoms with Crippen LogP contribution in [0.4, 0.5) is 0 Å². The van der Waals surface area contributed by atoms with Gasteiger partial charge in [-0.2, -0.15) is 0 Å². The Morgan fingerprint density at radius 1 is 0.947 bits per heavy atom. The van der Waals surface area contributed by atoms with Crippen LogP contribution in [-0.2, 0) is 0 Å². The molecule has 0 bridgehead atoms. The lowest BCUT2D eigenvalue weighted by Gasteiger charge is -2.17. The molecule has 1 rings (SSSR count). The van der Waals surface area contributed by atoms with E-state index >= 15 is 0 Å². The fourth-order valence-electron chi connectivity index (χ4n) is 2.28. The molecule has 0 aliphatic carbocycles. The fourth-order valence-corrected chi connectivity index (χ4v) is 2.28. The first kappa shape index (κ1) is 16.0.